The summed E-state index contributed by atoms with van der Waals surface area (Å²) in [6, 6.07) is 25.0. The molecule has 2 saturated heterocycles. The highest BCUT2D eigenvalue weighted by Gasteiger charge is 2.28. The van der Waals surface area contributed by atoms with Crippen molar-refractivity contribution in [1.82, 2.24) is 15.2 Å². The number of aliphatic carboxylic acids is 1. The van der Waals surface area contributed by atoms with E-state index >= 15 is 0 Å². The van der Waals surface area contributed by atoms with Gasteiger partial charge >= 0.3 is 5.97 Å². The number of fused-ring (bicyclic) bond motifs is 1. The fourth-order valence-electron chi connectivity index (χ4n) is 8.09. The lowest BCUT2D eigenvalue weighted by Crippen LogP contribution is -2.47. The van der Waals surface area contributed by atoms with Crippen LogP contribution in [-0.4, -0.2) is 78.6 Å². The largest absolute Gasteiger partial charge is 0.480 e. The maximum absolute atomic E-state index is 13.9. The lowest BCUT2D eigenvalue weighted by molar-refractivity contribution is -0.144. The van der Waals surface area contributed by atoms with Gasteiger partial charge in [-0.05, 0) is 118 Å². The number of carbonyl (C=O) groups excluding carboxylic acids is 2. The van der Waals surface area contributed by atoms with E-state index in [4.69, 9.17) is 4.98 Å². The molecule has 0 spiro atoms. The number of hydrogen-bond donors (Lipinski definition) is 3. The van der Waals surface area contributed by atoms with Crippen LogP contribution in [0.5, 0.6) is 0 Å². The Bertz CT molecular complexity index is 1940. The van der Waals surface area contributed by atoms with Crippen LogP contribution in [0, 0.1) is 0 Å². The molecule has 10 heteroatoms. The van der Waals surface area contributed by atoms with Crippen LogP contribution in [0.25, 0.3) is 11.3 Å². The molecule has 0 saturated carbocycles. The van der Waals surface area contributed by atoms with Gasteiger partial charge in [0.1, 0.15) is 6.04 Å². The number of piperidine rings is 2. The third-order valence-electron chi connectivity index (χ3n) is 11.1. The molecule has 3 heterocycles. The maximum Gasteiger partial charge on any atom is 0.320 e. The van der Waals surface area contributed by atoms with Crippen molar-refractivity contribution in [3.8, 4) is 11.3 Å². The number of hydrogen-bond acceptors (Lipinski definition) is 7. The smallest absolute Gasteiger partial charge is 0.320 e. The molecule has 1 unspecified atom stereocenters. The number of pyridine rings is 1. The Kier molecular flexibility index (Phi) is 11.3. The Labute approximate surface area is 312 Å². The number of carbonyl (C=O) groups is 3. The molecule has 0 radical (unpaired) electrons. The van der Waals surface area contributed by atoms with Crippen molar-refractivity contribution in [2.24, 2.45) is 0 Å². The van der Waals surface area contributed by atoms with Crippen molar-refractivity contribution >= 4 is 34.8 Å². The van der Waals surface area contributed by atoms with Gasteiger partial charge in [-0.1, -0.05) is 36.8 Å². The average Bonchev–Trinajstić information content (AvgIpc) is 3.20. The van der Waals surface area contributed by atoms with Crippen molar-refractivity contribution < 1.29 is 19.5 Å². The highest BCUT2D eigenvalue weighted by Crippen LogP contribution is 2.34. The summed E-state index contributed by atoms with van der Waals surface area (Å²) in [6.07, 6.45) is 10.7. The zero-order valence-electron chi connectivity index (χ0n) is 30.6. The summed E-state index contributed by atoms with van der Waals surface area (Å²) in [5, 5.41) is 16.1. The molecule has 7 rings (SSSR count). The molecule has 10 nitrogen and oxygen atoms in total. The number of aromatic nitrogens is 1. The van der Waals surface area contributed by atoms with Gasteiger partial charge in [-0.25, -0.2) is 0 Å². The maximum atomic E-state index is 13.9. The van der Waals surface area contributed by atoms with E-state index in [-0.39, 0.29) is 17.9 Å². The number of likely N-dealkylation sites (tertiary alicyclic amines) is 1. The van der Waals surface area contributed by atoms with Gasteiger partial charge in [0.15, 0.2) is 0 Å². The predicted octanol–water partition coefficient (Wildman–Crippen LogP) is 7.17. The van der Waals surface area contributed by atoms with Crippen molar-refractivity contribution in [2.75, 3.05) is 54.9 Å². The highest BCUT2D eigenvalue weighted by atomic mass is 16.4. The number of anilines is 3. The molecular weight excluding hydrogens is 665 g/mol. The molecule has 2 aliphatic heterocycles. The Morgan fingerprint density at radius 1 is 0.830 bits per heavy atom. The predicted molar refractivity (Wildman–Crippen MR) is 210 cm³/mol. The van der Waals surface area contributed by atoms with Gasteiger partial charge in [-0.3, -0.25) is 24.3 Å². The fraction of sp³-hybridized carbons (Fsp3) is 0.395. The van der Waals surface area contributed by atoms with Crippen LogP contribution in [0.4, 0.5) is 17.1 Å². The third-order valence-corrected chi connectivity index (χ3v) is 11.1. The first kappa shape index (κ1) is 36.2. The number of carboxylic acids is 1. The van der Waals surface area contributed by atoms with Crippen molar-refractivity contribution in [2.45, 2.75) is 69.9 Å². The number of benzene rings is 3. The molecule has 1 aromatic heterocycles. The zero-order valence-corrected chi connectivity index (χ0v) is 30.6. The first-order valence-electron chi connectivity index (χ1n) is 19.2. The molecule has 3 N–H and O–H groups in total. The van der Waals surface area contributed by atoms with Crippen LogP contribution in [0.2, 0.25) is 0 Å². The molecule has 0 bridgehead atoms. The first-order valence-corrected chi connectivity index (χ1v) is 19.2. The minimum absolute atomic E-state index is 0.0393. The normalized spacial score (nSPS) is 18.8. The first-order chi connectivity index (χ1) is 25.8. The van der Waals surface area contributed by atoms with Crippen LogP contribution >= 0.6 is 0 Å². The van der Waals surface area contributed by atoms with Gasteiger partial charge in [0.2, 0.25) is 0 Å². The molecule has 4 aromatic rings. The summed E-state index contributed by atoms with van der Waals surface area (Å²) in [5.74, 6) is -1.16. The second-order valence-corrected chi connectivity index (χ2v) is 14.6. The molecule has 276 valence electrons. The standard InChI is InChI=1S/C43H50N6O4/c1-47(25-26-49-24-8-5-17-40(49)43(52)53)33-14-9-13-31(27-33)41(50)46-38-19-18-34(48-22-6-2-7-23-48)29-36(38)39-28-32(20-21-44-39)42(51)45-37-16-10-12-30-11-3-4-15-35(30)37/h3-4,9,11,13-15,18-21,27-29,37,40H,2,5-8,10,12,16-17,22-26H2,1H3,(H,45,51)(H,46,50)(H,52,53)/t37-,40?/m0/s1. The minimum Gasteiger partial charge on any atom is -0.480 e. The lowest BCUT2D eigenvalue weighted by atomic mass is 9.87. The third kappa shape index (κ3) is 8.54. The van der Waals surface area contributed by atoms with Gasteiger partial charge in [0.05, 0.1) is 17.4 Å². The molecule has 3 aromatic carbocycles. The Morgan fingerprint density at radius 3 is 2.49 bits per heavy atom. The number of amides is 2. The SMILES string of the molecule is CN(CCN1CCCCC1C(=O)O)c1cccc(C(=O)Nc2ccc(N3CCCCC3)cc2-c2cc(C(=O)N[C@H]3CCCc4ccccc43)ccn2)c1. The summed E-state index contributed by atoms with van der Waals surface area (Å²) in [5.41, 5.74) is 7.43. The van der Waals surface area contributed by atoms with E-state index in [9.17, 15) is 19.5 Å². The van der Waals surface area contributed by atoms with E-state index in [1.165, 1.54) is 17.5 Å². The summed E-state index contributed by atoms with van der Waals surface area (Å²) < 4.78 is 0. The highest BCUT2D eigenvalue weighted by molar-refractivity contribution is 6.07. The summed E-state index contributed by atoms with van der Waals surface area (Å²) in [6.45, 7) is 4.00. The molecule has 3 aliphatic rings. The van der Waals surface area contributed by atoms with E-state index in [0.717, 1.165) is 81.5 Å². The van der Waals surface area contributed by atoms with Gasteiger partial charge in [-0.15, -0.1) is 0 Å². The number of carboxylic acid groups (broad SMARTS) is 1. The van der Waals surface area contributed by atoms with Gasteiger partial charge in [0, 0.05) is 67.5 Å². The second-order valence-electron chi connectivity index (χ2n) is 14.6. The van der Waals surface area contributed by atoms with Crippen LogP contribution in [0.3, 0.4) is 0 Å². The molecule has 2 amide bonds. The number of nitrogens with zero attached hydrogens (tertiary/aromatic N) is 4. The number of likely N-dealkylation sites (N-methyl/N-ethyl adjacent to an activating group) is 1. The Morgan fingerprint density at radius 2 is 1.64 bits per heavy atom. The van der Waals surface area contributed by atoms with Gasteiger partial charge < -0.3 is 25.5 Å². The molecule has 53 heavy (non-hydrogen) atoms. The molecular formula is C43H50N6O4. The van der Waals surface area contributed by atoms with Crippen LogP contribution < -0.4 is 20.4 Å². The fourth-order valence-corrected chi connectivity index (χ4v) is 8.09. The summed E-state index contributed by atoms with van der Waals surface area (Å²) in [4.78, 5) is 50.6. The van der Waals surface area contributed by atoms with Crippen LogP contribution in [-0.2, 0) is 11.2 Å². The Hall–Kier alpha value is -5.22. The van der Waals surface area contributed by atoms with E-state index in [1.807, 2.05) is 43.4 Å². The summed E-state index contributed by atoms with van der Waals surface area (Å²) >= 11 is 0. The summed E-state index contributed by atoms with van der Waals surface area (Å²) in [7, 11) is 1.97. The lowest BCUT2D eigenvalue weighted by Gasteiger charge is -2.34. The van der Waals surface area contributed by atoms with E-state index in [0.29, 0.717) is 42.0 Å². The van der Waals surface area contributed by atoms with Gasteiger partial charge in [-0.2, -0.15) is 0 Å². The number of aryl methyl sites for hydroxylation is 1. The number of nitrogens with one attached hydrogen (secondary N) is 2. The number of rotatable bonds is 11. The van der Waals surface area contributed by atoms with Crippen molar-refractivity contribution in [3.05, 3.63) is 107 Å². The minimum atomic E-state index is -0.759. The van der Waals surface area contributed by atoms with E-state index in [2.05, 4.69) is 55.7 Å². The molecule has 2 atom stereocenters. The average molecular weight is 715 g/mol. The van der Waals surface area contributed by atoms with Crippen molar-refractivity contribution in [1.29, 1.82) is 0 Å². The van der Waals surface area contributed by atoms with E-state index in [1.54, 1.807) is 18.3 Å². The monoisotopic (exact) mass is 714 g/mol. The molecule has 1 aliphatic carbocycles. The van der Waals surface area contributed by atoms with Gasteiger partial charge in [0.25, 0.3) is 11.8 Å². The van der Waals surface area contributed by atoms with Crippen LogP contribution in [0.15, 0.2) is 85.1 Å². The molecule has 2 fully saturated rings. The van der Waals surface area contributed by atoms with Crippen molar-refractivity contribution in [3.63, 3.8) is 0 Å². The van der Waals surface area contributed by atoms with E-state index < -0.39 is 12.0 Å². The van der Waals surface area contributed by atoms with Crippen LogP contribution in [0.1, 0.15) is 89.3 Å². The second kappa shape index (κ2) is 16.6. The zero-order chi connectivity index (χ0) is 36.7. The Balaban J connectivity index is 1.11. The topological polar surface area (TPSA) is 118 Å². The quantitative estimate of drug-likeness (QED) is 0.150.